The number of nitrogens with one attached hydrogen (secondary N) is 3. The second-order valence-corrected chi connectivity index (χ2v) is 5.24. The lowest BCUT2D eigenvalue weighted by molar-refractivity contribution is -0.124. The van der Waals surface area contributed by atoms with E-state index in [0.29, 0.717) is 12.8 Å². The number of carbonyl (C=O) groups excluding carboxylic acids is 2. The van der Waals surface area contributed by atoms with Crippen molar-refractivity contribution in [3.05, 3.63) is 24.3 Å². The monoisotopic (exact) mass is 304 g/mol. The van der Waals surface area contributed by atoms with Crippen LogP contribution in [0.4, 0.5) is 16.2 Å². The Morgan fingerprint density at radius 2 is 1.77 bits per heavy atom. The molecule has 0 bridgehead atoms. The van der Waals surface area contributed by atoms with Crippen LogP contribution in [-0.4, -0.2) is 37.6 Å². The SMILES string of the molecule is CC.CNc1ccccc1N1CCC2(CC1)NC(=O)NC2=O. The summed E-state index contributed by atoms with van der Waals surface area (Å²) < 4.78 is 0. The average molecular weight is 304 g/mol. The summed E-state index contributed by atoms with van der Waals surface area (Å²) in [6, 6.07) is 7.72. The largest absolute Gasteiger partial charge is 0.386 e. The Bertz CT molecular complexity index is 551. The number of nitrogens with zero attached hydrogens (tertiary/aromatic N) is 1. The molecule has 0 saturated carbocycles. The molecule has 2 aliphatic rings. The zero-order valence-electron chi connectivity index (χ0n) is 13.4. The summed E-state index contributed by atoms with van der Waals surface area (Å²) in [5.74, 6) is -0.191. The van der Waals surface area contributed by atoms with Crippen molar-refractivity contribution in [2.24, 2.45) is 0 Å². The van der Waals surface area contributed by atoms with Gasteiger partial charge in [-0.2, -0.15) is 0 Å². The normalized spacial score (nSPS) is 19.1. The zero-order valence-corrected chi connectivity index (χ0v) is 13.4. The molecular formula is C16H24N4O2. The van der Waals surface area contributed by atoms with Crippen molar-refractivity contribution in [1.29, 1.82) is 0 Å². The second kappa shape index (κ2) is 6.68. The molecule has 2 saturated heterocycles. The van der Waals surface area contributed by atoms with Crippen LogP contribution in [0.25, 0.3) is 0 Å². The number of rotatable bonds is 2. The molecule has 2 aliphatic heterocycles. The van der Waals surface area contributed by atoms with E-state index in [2.05, 4.69) is 26.9 Å². The maximum atomic E-state index is 11.9. The molecule has 22 heavy (non-hydrogen) atoms. The molecular weight excluding hydrogens is 280 g/mol. The van der Waals surface area contributed by atoms with Gasteiger partial charge in [-0.3, -0.25) is 10.1 Å². The molecule has 0 aromatic heterocycles. The fraction of sp³-hybridized carbons (Fsp3) is 0.500. The molecule has 2 fully saturated rings. The number of amides is 3. The summed E-state index contributed by atoms with van der Waals surface area (Å²) in [4.78, 5) is 25.5. The summed E-state index contributed by atoms with van der Waals surface area (Å²) in [6.07, 6.45) is 1.26. The second-order valence-electron chi connectivity index (χ2n) is 5.24. The molecule has 1 aromatic rings. The summed E-state index contributed by atoms with van der Waals surface area (Å²) in [7, 11) is 1.90. The van der Waals surface area contributed by atoms with Gasteiger partial charge in [-0.1, -0.05) is 26.0 Å². The van der Waals surface area contributed by atoms with Gasteiger partial charge in [0.2, 0.25) is 0 Å². The highest BCUT2D eigenvalue weighted by atomic mass is 16.2. The lowest BCUT2D eigenvalue weighted by Crippen LogP contribution is -2.55. The molecule has 3 rings (SSSR count). The molecule has 1 aromatic carbocycles. The van der Waals surface area contributed by atoms with Crippen LogP contribution in [0, 0.1) is 0 Å². The molecule has 6 nitrogen and oxygen atoms in total. The standard InChI is InChI=1S/C14H18N4O2.C2H6/c1-15-10-4-2-3-5-11(10)18-8-6-14(7-9-18)12(19)16-13(20)17-14;1-2/h2-5,15H,6-9H2,1H3,(H2,16,17,19,20);1-2H3. The van der Waals surface area contributed by atoms with Crippen LogP contribution in [-0.2, 0) is 4.79 Å². The van der Waals surface area contributed by atoms with Crippen LogP contribution in [0.15, 0.2) is 24.3 Å². The van der Waals surface area contributed by atoms with Crippen molar-refractivity contribution in [2.75, 3.05) is 30.4 Å². The number of anilines is 2. The van der Waals surface area contributed by atoms with Gasteiger partial charge in [-0.05, 0) is 25.0 Å². The van der Waals surface area contributed by atoms with E-state index < -0.39 is 5.54 Å². The number of para-hydroxylation sites is 2. The third kappa shape index (κ3) is 2.86. The van der Waals surface area contributed by atoms with Gasteiger partial charge in [0.1, 0.15) is 5.54 Å². The molecule has 3 N–H and O–H groups in total. The number of carbonyl (C=O) groups is 2. The summed E-state index contributed by atoms with van der Waals surface area (Å²) in [5.41, 5.74) is 1.50. The molecule has 6 heteroatoms. The number of imide groups is 1. The lowest BCUT2D eigenvalue weighted by atomic mass is 9.87. The zero-order chi connectivity index (χ0) is 16.2. The first-order valence-corrected chi connectivity index (χ1v) is 7.80. The minimum atomic E-state index is -0.706. The van der Waals surface area contributed by atoms with Gasteiger partial charge in [-0.25, -0.2) is 4.79 Å². The molecule has 1 spiro atoms. The maximum Gasteiger partial charge on any atom is 0.322 e. The minimum Gasteiger partial charge on any atom is -0.386 e. The summed E-state index contributed by atoms with van der Waals surface area (Å²) in [5, 5.41) is 8.29. The fourth-order valence-electron chi connectivity index (χ4n) is 2.97. The molecule has 0 atom stereocenters. The quantitative estimate of drug-likeness (QED) is 0.730. The highest BCUT2D eigenvalue weighted by molar-refractivity contribution is 6.07. The summed E-state index contributed by atoms with van der Waals surface area (Å²) in [6.45, 7) is 5.48. The Kier molecular flexibility index (Phi) is 4.90. The van der Waals surface area contributed by atoms with E-state index in [1.165, 1.54) is 0 Å². The van der Waals surface area contributed by atoms with Crippen LogP contribution in [0.3, 0.4) is 0 Å². The van der Waals surface area contributed by atoms with Gasteiger partial charge in [-0.15, -0.1) is 0 Å². The third-order valence-corrected chi connectivity index (χ3v) is 4.15. The first-order chi connectivity index (χ1) is 10.6. The van der Waals surface area contributed by atoms with Gasteiger partial charge >= 0.3 is 6.03 Å². The average Bonchev–Trinajstić information content (AvgIpc) is 2.83. The smallest absolute Gasteiger partial charge is 0.322 e. The highest BCUT2D eigenvalue weighted by Gasteiger charge is 2.47. The van der Waals surface area contributed by atoms with Crippen molar-refractivity contribution in [1.82, 2.24) is 10.6 Å². The highest BCUT2D eigenvalue weighted by Crippen LogP contribution is 2.32. The topological polar surface area (TPSA) is 73.5 Å². The van der Waals surface area contributed by atoms with Gasteiger partial charge in [0, 0.05) is 20.1 Å². The lowest BCUT2D eigenvalue weighted by Gasteiger charge is -2.38. The molecule has 3 amide bonds. The molecule has 0 radical (unpaired) electrons. The fourth-order valence-corrected chi connectivity index (χ4v) is 2.97. The van der Waals surface area contributed by atoms with Crippen molar-refractivity contribution in [2.45, 2.75) is 32.2 Å². The number of hydrogen-bond acceptors (Lipinski definition) is 4. The first-order valence-electron chi connectivity index (χ1n) is 7.80. The van der Waals surface area contributed by atoms with Crippen molar-refractivity contribution >= 4 is 23.3 Å². The van der Waals surface area contributed by atoms with Crippen LogP contribution >= 0.6 is 0 Å². The Morgan fingerprint density at radius 3 is 2.32 bits per heavy atom. The maximum absolute atomic E-state index is 11.9. The van der Waals surface area contributed by atoms with E-state index in [9.17, 15) is 9.59 Å². The van der Waals surface area contributed by atoms with E-state index in [1.54, 1.807) is 0 Å². The molecule has 120 valence electrons. The molecule has 0 unspecified atom stereocenters. The molecule has 0 aliphatic carbocycles. The van der Waals surface area contributed by atoms with Gasteiger partial charge in [0.15, 0.2) is 0 Å². The van der Waals surface area contributed by atoms with Crippen LogP contribution < -0.4 is 20.9 Å². The van der Waals surface area contributed by atoms with Crippen LogP contribution in [0.2, 0.25) is 0 Å². The number of piperidine rings is 1. The van der Waals surface area contributed by atoms with Gasteiger partial charge in [0.05, 0.1) is 11.4 Å². The van der Waals surface area contributed by atoms with Gasteiger partial charge in [0.25, 0.3) is 5.91 Å². The van der Waals surface area contributed by atoms with Crippen molar-refractivity contribution in [3.8, 4) is 0 Å². The Labute approximate surface area is 131 Å². The number of hydrogen-bond donors (Lipinski definition) is 3. The number of urea groups is 1. The third-order valence-electron chi connectivity index (χ3n) is 4.15. The van der Waals surface area contributed by atoms with Crippen molar-refractivity contribution in [3.63, 3.8) is 0 Å². The van der Waals surface area contributed by atoms with Crippen LogP contribution in [0.5, 0.6) is 0 Å². The van der Waals surface area contributed by atoms with Crippen LogP contribution in [0.1, 0.15) is 26.7 Å². The minimum absolute atomic E-state index is 0.191. The van der Waals surface area contributed by atoms with E-state index >= 15 is 0 Å². The Hall–Kier alpha value is -2.24. The Morgan fingerprint density at radius 1 is 1.14 bits per heavy atom. The molecule has 2 heterocycles. The van der Waals surface area contributed by atoms with E-state index in [0.717, 1.165) is 24.5 Å². The predicted molar refractivity (Wildman–Crippen MR) is 88.2 cm³/mol. The van der Waals surface area contributed by atoms with Gasteiger partial charge < -0.3 is 15.5 Å². The predicted octanol–water partition coefficient (Wildman–Crippen LogP) is 1.93. The van der Waals surface area contributed by atoms with E-state index in [4.69, 9.17) is 0 Å². The Balaban J connectivity index is 0.000000847. The van der Waals surface area contributed by atoms with Crippen molar-refractivity contribution < 1.29 is 9.59 Å². The van der Waals surface area contributed by atoms with E-state index in [1.807, 2.05) is 39.1 Å². The van der Waals surface area contributed by atoms with E-state index in [-0.39, 0.29) is 11.9 Å². The number of benzene rings is 1. The first kappa shape index (κ1) is 16.1. The summed E-state index contributed by atoms with van der Waals surface area (Å²) >= 11 is 0.